The van der Waals surface area contributed by atoms with Gasteiger partial charge in [-0.2, -0.15) is 0 Å². The number of rotatable bonds is 4. The second-order valence-electron chi connectivity index (χ2n) is 3.66. The van der Waals surface area contributed by atoms with E-state index in [0.717, 1.165) is 18.7 Å². The number of nitrogens with one attached hydrogen (secondary N) is 1. The van der Waals surface area contributed by atoms with Crippen LogP contribution in [-0.4, -0.2) is 11.5 Å². The van der Waals surface area contributed by atoms with Gasteiger partial charge in [0, 0.05) is 24.0 Å². The number of halogens is 2. The van der Waals surface area contributed by atoms with Crippen molar-refractivity contribution in [1.29, 1.82) is 0 Å². The zero-order valence-corrected chi connectivity index (χ0v) is 10.7. The van der Waals surface area contributed by atoms with E-state index in [0.29, 0.717) is 10.0 Å². The van der Waals surface area contributed by atoms with Gasteiger partial charge in [0.1, 0.15) is 0 Å². The lowest BCUT2D eigenvalue weighted by molar-refractivity contribution is 1.01. The fourth-order valence-electron chi connectivity index (χ4n) is 1.52. The van der Waals surface area contributed by atoms with Crippen LogP contribution in [0.4, 0.5) is 5.69 Å². The first-order valence-corrected chi connectivity index (χ1v) is 6.09. The molecule has 0 spiro atoms. The molecular weight excluding hydrogens is 255 g/mol. The summed E-state index contributed by atoms with van der Waals surface area (Å²) in [7, 11) is 0. The molecule has 0 amide bonds. The molecule has 0 radical (unpaired) electrons. The molecule has 1 N–H and O–H groups in total. The lowest BCUT2D eigenvalue weighted by Crippen LogP contribution is -2.05. The van der Waals surface area contributed by atoms with Gasteiger partial charge in [-0.25, -0.2) is 0 Å². The van der Waals surface area contributed by atoms with E-state index in [1.165, 1.54) is 5.56 Å². The van der Waals surface area contributed by atoms with Crippen LogP contribution in [0.1, 0.15) is 5.56 Å². The first-order chi connectivity index (χ1) is 8.25. The van der Waals surface area contributed by atoms with Crippen LogP contribution in [0.5, 0.6) is 0 Å². The molecule has 0 unspecified atom stereocenters. The Morgan fingerprint density at radius 3 is 2.59 bits per heavy atom. The van der Waals surface area contributed by atoms with Crippen LogP contribution < -0.4 is 5.32 Å². The van der Waals surface area contributed by atoms with Crippen LogP contribution in [0.3, 0.4) is 0 Å². The van der Waals surface area contributed by atoms with Crippen LogP contribution >= 0.6 is 23.2 Å². The quantitative estimate of drug-likeness (QED) is 0.904. The molecule has 1 heterocycles. The minimum absolute atomic E-state index is 0.681. The Balaban J connectivity index is 1.92. The van der Waals surface area contributed by atoms with Gasteiger partial charge >= 0.3 is 0 Å². The van der Waals surface area contributed by atoms with E-state index in [2.05, 4.69) is 10.3 Å². The average molecular weight is 267 g/mol. The Hall–Kier alpha value is -1.25. The van der Waals surface area contributed by atoms with Gasteiger partial charge in [0.2, 0.25) is 0 Å². The molecule has 0 fully saturated rings. The summed E-state index contributed by atoms with van der Waals surface area (Å²) in [5, 5.41) is 4.63. The summed E-state index contributed by atoms with van der Waals surface area (Å²) in [6, 6.07) is 9.40. The topological polar surface area (TPSA) is 24.9 Å². The number of hydrogen-bond acceptors (Lipinski definition) is 2. The number of anilines is 1. The summed E-state index contributed by atoms with van der Waals surface area (Å²) in [6.07, 6.45) is 4.51. The van der Waals surface area contributed by atoms with Crippen molar-refractivity contribution in [2.75, 3.05) is 11.9 Å². The van der Waals surface area contributed by atoms with Gasteiger partial charge in [-0.05, 0) is 42.3 Å². The fourth-order valence-corrected chi connectivity index (χ4v) is 1.88. The molecule has 0 saturated heterocycles. The highest BCUT2D eigenvalue weighted by Crippen LogP contribution is 2.25. The highest BCUT2D eigenvalue weighted by atomic mass is 35.5. The molecule has 0 atom stereocenters. The Bertz CT molecular complexity index is 486. The molecule has 0 aliphatic heterocycles. The van der Waals surface area contributed by atoms with E-state index in [-0.39, 0.29) is 0 Å². The Kier molecular flexibility index (Phi) is 4.24. The predicted octanol–water partition coefficient (Wildman–Crippen LogP) is 4.04. The molecule has 2 nitrogen and oxygen atoms in total. The van der Waals surface area contributed by atoms with Gasteiger partial charge in [0.05, 0.1) is 10.7 Å². The largest absolute Gasteiger partial charge is 0.383 e. The van der Waals surface area contributed by atoms with Gasteiger partial charge in [-0.15, -0.1) is 0 Å². The maximum atomic E-state index is 6.05. The highest BCUT2D eigenvalue weighted by molar-refractivity contribution is 6.35. The van der Waals surface area contributed by atoms with Crippen molar-refractivity contribution < 1.29 is 0 Å². The van der Waals surface area contributed by atoms with Crippen LogP contribution in [0.15, 0.2) is 42.7 Å². The minimum atomic E-state index is 0.681. The third kappa shape index (κ3) is 3.62. The molecule has 1 aromatic heterocycles. The van der Waals surface area contributed by atoms with E-state index in [9.17, 15) is 0 Å². The summed E-state index contributed by atoms with van der Waals surface area (Å²) < 4.78 is 0. The first kappa shape index (κ1) is 12.2. The van der Waals surface area contributed by atoms with Crippen molar-refractivity contribution in [2.24, 2.45) is 0 Å². The van der Waals surface area contributed by atoms with Crippen molar-refractivity contribution in [3.63, 3.8) is 0 Å². The number of benzene rings is 1. The Morgan fingerprint density at radius 1 is 1.06 bits per heavy atom. The van der Waals surface area contributed by atoms with Crippen molar-refractivity contribution in [3.8, 4) is 0 Å². The average Bonchev–Trinajstić information content (AvgIpc) is 2.35. The second kappa shape index (κ2) is 5.89. The molecule has 0 aliphatic rings. The summed E-state index contributed by atoms with van der Waals surface area (Å²) in [5.74, 6) is 0. The third-order valence-electron chi connectivity index (χ3n) is 2.41. The number of hydrogen-bond donors (Lipinski definition) is 1. The molecule has 88 valence electrons. The first-order valence-electron chi connectivity index (χ1n) is 5.33. The van der Waals surface area contributed by atoms with Crippen LogP contribution in [0.25, 0.3) is 0 Å². The van der Waals surface area contributed by atoms with Crippen molar-refractivity contribution in [2.45, 2.75) is 6.42 Å². The fraction of sp³-hybridized carbons (Fsp3) is 0.154. The monoisotopic (exact) mass is 266 g/mol. The van der Waals surface area contributed by atoms with Crippen molar-refractivity contribution in [1.82, 2.24) is 4.98 Å². The van der Waals surface area contributed by atoms with E-state index >= 15 is 0 Å². The molecule has 4 heteroatoms. The zero-order chi connectivity index (χ0) is 12.1. The lowest BCUT2D eigenvalue weighted by Gasteiger charge is -2.08. The third-order valence-corrected chi connectivity index (χ3v) is 2.97. The van der Waals surface area contributed by atoms with Gasteiger partial charge in [-0.3, -0.25) is 4.98 Å². The van der Waals surface area contributed by atoms with E-state index in [4.69, 9.17) is 23.2 Å². The molecule has 0 bridgehead atoms. The van der Waals surface area contributed by atoms with Crippen molar-refractivity contribution >= 4 is 28.9 Å². The van der Waals surface area contributed by atoms with Gasteiger partial charge < -0.3 is 5.32 Å². The van der Waals surface area contributed by atoms with Crippen LogP contribution in [0.2, 0.25) is 10.0 Å². The molecule has 1 aromatic carbocycles. The smallest absolute Gasteiger partial charge is 0.0638 e. The number of aromatic nitrogens is 1. The number of pyridine rings is 1. The second-order valence-corrected chi connectivity index (χ2v) is 4.50. The Morgan fingerprint density at radius 2 is 1.82 bits per heavy atom. The standard InChI is InChI=1S/C13H12Cl2N2/c14-11-1-2-12(15)13(9-11)17-8-5-10-3-6-16-7-4-10/h1-4,6-7,9,17H,5,8H2. The summed E-state index contributed by atoms with van der Waals surface area (Å²) in [6.45, 7) is 0.810. The van der Waals surface area contributed by atoms with Crippen molar-refractivity contribution in [3.05, 3.63) is 58.3 Å². The van der Waals surface area contributed by atoms with Gasteiger partial charge in [0.25, 0.3) is 0 Å². The summed E-state index contributed by atoms with van der Waals surface area (Å²) in [5.41, 5.74) is 2.11. The lowest BCUT2D eigenvalue weighted by atomic mass is 10.2. The molecule has 0 saturated carbocycles. The number of nitrogens with zero attached hydrogens (tertiary/aromatic N) is 1. The summed E-state index contributed by atoms with van der Waals surface area (Å²) in [4.78, 5) is 3.98. The maximum Gasteiger partial charge on any atom is 0.0638 e. The minimum Gasteiger partial charge on any atom is -0.383 e. The van der Waals surface area contributed by atoms with E-state index in [1.807, 2.05) is 18.2 Å². The van der Waals surface area contributed by atoms with Crippen LogP contribution in [-0.2, 0) is 6.42 Å². The normalized spacial score (nSPS) is 10.2. The van der Waals surface area contributed by atoms with E-state index < -0.39 is 0 Å². The summed E-state index contributed by atoms with van der Waals surface area (Å²) >= 11 is 12.0. The molecule has 0 aliphatic carbocycles. The highest BCUT2D eigenvalue weighted by Gasteiger charge is 2.00. The molecular formula is C13H12Cl2N2. The van der Waals surface area contributed by atoms with Gasteiger partial charge in [-0.1, -0.05) is 23.2 Å². The Labute approximate surface area is 111 Å². The molecule has 2 rings (SSSR count). The zero-order valence-electron chi connectivity index (χ0n) is 9.16. The maximum absolute atomic E-state index is 6.05. The predicted molar refractivity (Wildman–Crippen MR) is 72.9 cm³/mol. The van der Waals surface area contributed by atoms with E-state index in [1.54, 1.807) is 24.5 Å². The SMILES string of the molecule is Clc1ccc(Cl)c(NCCc2ccncc2)c1. The molecule has 2 aromatic rings. The van der Waals surface area contributed by atoms with Crippen LogP contribution in [0, 0.1) is 0 Å². The van der Waals surface area contributed by atoms with Gasteiger partial charge in [0.15, 0.2) is 0 Å². The molecule has 17 heavy (non-hydrogen) atoms.